The monoisotopic (exact) mass is 296 g/mol. The van der Waals surface area contributed by atoms with E-state index in [1.54, 1.807) is 7.05 Å². The van der Waals surface area contributed by atoms with Crippen molar-refractivity contribution in [3.8, 4) is 0 Å². The quantitative estimate of drug-likeness (QED) is 0.894. The van der Waals surface area contributed by atoms with Crippen LogP contribution in [-0.2, 0) is 0 Å². The summed E-state index contributed by atoms with van der Waals surface area (Å²) in [5.41, 5.74) is 1.50. The molecule has 0 unspecified atom stereocenters. The summed E-state index contributed by atoms with van der Waals surface area (Å²) >= 11 is 3.30. The Kier molecular flexibility index (Phi) is 3.33. The Morgan fingerprint density at radius 2 is 2.00 bits per heavy atom. The van der Waals surface area contributed by atoms with Gasteiger partial charge in [-0.2, -0.15) is 0 Å². The van der Waals surface area contributed by atoms with Gasteiger partial charge in [-0.3, -0.25) is 0 Å². The highest BCUT2D eigenvalue weighted by Crippen LogP contribution is 2.29. The minimum Gasteiger partial charge on any atom is -0.373 e. The van der Waals surface area contributed by atoms with E-state index >= 15 is 0 Å². The number of hydrogen-bond donors (Lipinski definition) is 1. The highest BCUT2D eigenvalue weighted by atomic mass is 79.9. The molecule has 0 atom stereocenters. The second-order valence-corrected chi connectivity index (χ2v) is 5.21. The first-order chi connectivity index (χ1) is 8.02. The van der Waals surface area contributed by atoms with Crippen LogP contribution in [-0.4, -0.2) is 12.0 Å². The molecule has 0 saturated carbocycles. The summed E-state index contributed by atoms with van der Waals surface area (Å²) in [6, 6.07) is 5.31. The van der Waals surface area contributed by atoms with E-state index in [4.69, 9.17) is 0 Å². The van der Waals surface area contributed by atoms with Crippen molar-refractivity contribution in [3.05, 3.63) is 34.1 Å². The first-order valence-corrected chi connectivity index (χ1v) is 6.29. The van der Waals surface area contributed by atoms with Crippen molar-refractivity contribution in [3.63, 3.8) is 0 Å². The van der Waals surface area contributed by atoms with Crippen LogP contribution in [0.3, 0.4) is 0 Å². The first kappa shape index (κ1) is 12.3. The van der Waals surface area contributed by atoms with Crippen molar-refractivity contribution in [2.75, 3.05) is 12.4 Å². The summed E-state index contributed by atoms with van der Waals surface area (Å²) in [4.78, 5) is 4.35. The van der Waals surface area contributed by atoms with Gasteiger partial charge in [0.25, 0.3) is 0 Å². The van der Waals surface area contributed by atoms with Gasteiger partial charge >= 0.3 is 0 Å². The van der Waals surface area contributed by atoms with Crippen LogP contribution in [0.1, 0.15) is 25.3 Å². The minimum absolute atomic E-state index is 0.304. The fourth-order valence-corrected chi connectivity index (χ4v) is 2.31. The Hall–Kier alpha value is -1.16. The number of anilines is 1. The molecule has 1 aromatic heterocycles. The number of rotatable bonds is 2. The van der Waals surface area contributed by atoms with Gasteiger partial charge in [-0.25, -0.2) is 9.37 Å². The maximum atomic E-state index is 13.8. The van der Waals surface area contributed by atoms with Crippen LogP contribution in [0.15, 0.2) is 22.7 Å². The molecule has 2 rings (SSSR count). The molecule has 0 aliphatic heterocycles. The molecule has 17 heavy (non-hydrogen) atoms. The summed E-state index contributed by atoms with van der Waals surface area (Å²) in [6.07, 6.45) is 0. The predicted octanol–water partition coefficient (Wildman–Crippen LogP) is 4.30. The van der Waals surface area contributed by atoms with Crippen LogP contribution in [0.5, 0.6) is 0 Å². The molecule has 0 amide bonds. The summed E-state index contributed by atoms with van der Waals surface area (Å²) in [5, 5.41) is 3.84. The van der Waals surface area contributed by atoms with E-state index in [9.17, 15) is 4.39 Å². The molecular formula is C13H14BrFN2. The number of aromatic nitrogens is 1. The summed E-state index contributed by atoms with van der Waals surface area (Å²) < 4.78 is 14.5. The normalized spacial score (nSPS) is 11.2. The van der Waals surface area contributed by atoms with Gasteiger partial charge in [-0.1, -0.05) is 29.8 Å². The van der Waals surface area contributed by atoms with Crippen molar-refractivity contribution in [1.29, 1.82) is 0 Å². The number of fused-ring (bicyclic) bond motifs is 1. The largest absolute Gasteiger partial charge is 0.373 e. The fraction of sp³-hybridized carbons (Fsp3) is 0.308. The molecule has 1 N–H and O–H groups in total. The fourth-order valence-electron chi connectivity index (χ4n) is 1.87. The maximum absolute atomic E-state index is 13.8. The zero-order valence-corrected chi connectivity index (χ0v) is 11.6. The molecule has 4 heteroatoms. The van der Waals surface area contributed by atoms with Gasteiger partial charge in [-0.05, 0) is 29.7 Å². The van der Waals surface area contributed by atoms with Gasteiger partial charge in [-0.15, -0.1) is 0 Å². The van der Waals surface area contributed by atoms with E-state index < -0.39 is 0 Å². The van der Waals surface area contributed by atoms with E-state index in [0.717, 1.165) is 21.2 Å². The number of hydrogen-bond acceptors (Lipinski definition) is 2. The zero-order valence-electron chi connectivity index (χ0n) is 10.0. The predicted molar refractivity (Wildman–Crippen MR) is 73.0 cm³/mol. The Labute approximate surface area is 108 Å². The van der Waals surface area contributed by atoms with Gasteiger partial charge in [0.15, 0.2) is 5.82 Å². The van der Waals surface area contributed by atoms with Crippen molar-refractivity contribution in [1.82, 2.24) is 4.98 Å². The molecule has 0 spiro atoms. The lowest BCUT2D eigenvalue weighted by Crippen LogP contribution is -2.01. The first-order valence-electron chi connectivity index (χ1n) is 5.50. The third-order valence-electron chi connectivity index (χ3n) is 2.72. The Morgan fingerprint density at radius 1 is 1.29 bits per heavy atom. The molecule has 0 aliphatic rings. The number of nitrogens with zero attached hydrogens (tertiary/aromatic N) is 1. The van der Waals surface area contributed by atoms with E-state index in [2.05, 4.69) is 40.1 Å². The average molecular weight is 297 g/mol. The Morgan fingerprint density at radius 3 is 2.59 bits per heavy atom. The zero-order chi connectivity index (χ0) is 12.6. The van der Waals surface area contributed by atoms with Gasteiger partial charge in [0.05, 0.1) is 0 Å². The Bertz CT molecular complexity index is 567. The lowest BCUT2D eigenvalue weighted by molar-refractivity contribution is 0.636. The van der Waals surface area contributed by atoms with Crippen LogP contribution < -0.4 is 5.32 Å². The Balaban J connectivity index is 2.78. The van der Waals surface area contributed by atoms with Crippen LogP contribution in [0.2, 0.25) is 0 Å². The number of pyridine rings is 1. The van der Waals surface area contributed by atoms with Gasteiger partial charge in [0.2, 0.25) is 0 Å². The molecule has 0 saturated heterocycles. The van der Waals surface area contributed by atoms with Crippen molar-refractivity contribution in [2.45, 2.75) is 19.8 Å². The summed E-state index contributed by atoms with van der Waals surface area (Å²) in [6.45, 7) is 4.19. The molecule has 2 nitrogen and oxygen atoms in total. The van der Waals surface area contributed by atoms with Crippen molar-refractivity contribution >= 4 is 32.7 Å². The molecule has 1 aromatic carbocycles. The van der Waals surface area contributed by atoms with Gasteiger partial charge in [0, 0.05) is 16.9 Å². The minimum atomic E-state index is -0.304. The molecule has 0 bridgehead atoms. The van der Waals surface area contributed by atoms with E-state index in [0.29, 0.717) is 11.4 Å². The van der Waals surface area contributed by atoms with Gasteiger partial charge < -0.3 is 5.32 Å². The number of benzene rings is 1. The molecular weight excluding hydrogens is 283 g/mol. The van der Waals surface area contributed by atoms with E-state index in [1.165, 1.54) is 6.07 Å². The highest BCUT2D eigenvalue weighted by Gasteiger charge is 2.12. The lowest BCUT2D eigenvalue weighted by Gasteiger charge is -2.13. The van der Waals surface area contributed by atoms with Gasteiger partial charge in [0.1, 0.15) is 11.3 Å². The second-order valence-electron chi connectivity index (χ2n) is 4.29. The van der Waals surface area contributed by atoms with E-state index in [-0.39, 0.29) is 5.82 Å². The van der Waals surface area contributed by atoms with Crippen molar-refractivity contribution in [2.24, 2.45) is 0 Å². The SMILES string of the molecule is CNc1nc2c(F)cc(Br)cc2cc1C(C)C. The molecule has 90 valence electrons. The molecule has 0 aliphatic carbocycles. The number of nitrogens with one attached hydrogen (secondary N) is 1. The highest BCUT2D eigenvalue weighted by molar-refractivity contribution is 9.10. The topological polar surface area (TPSA) is 24.9 Å². The summed E-state index contributed by atoms with van der Waals surface area (Å²) in [5.74, 6) is 0.784. The standard InChI is InChI=1S/C13H14BrFN2/c1-7(2)10-5-8-4-9(14)6-11(15)12(8)17-13(10)16-3/h4-7H,1-3H3,(H,16,17). The van der Waals surface area contributed by atoms with Crippen LogP contribution in [0.4, 0.5) is 10.2 Å². The van der Waals surface area contributed by atoms with Crippen molar-refractivity contribution < 1.29 is 4.39 Å². The molecule has 0 radical (unpaired) electrons. The van der Waals surface area contributed by atoms with Crippen LogP contribution in [0, 0.1) is 5.82 Å². The third kappa shape index (κ3) is 2.27. The summed E-state index contributed by atoms with van der Waals surface area (Å²) in [7, 11) is 1.80. The molecule has 2 aromatic rings. The third-order valence-corrected chi connectivity index (χ3v) is 3.18. The van der Waals surface area contributed by atoms with Crippen LogP contribution in [0.25, 0.3) is 10.9 Å². The smallest absolute Gasteiger partial charge is 0.150 e. The van der Waals surface area contributed by atoms with Crippen LogP contribution >= 0.6 is 15.9 Å². The van der Waals surface area contributed by atoms with E-state index in [1.807, 2.05) is 12.1 Å². The lowest BCUT2D eigenvalue weighted by atomic mass is 10.0. The molecule has 1 heterocycles. The maximum Gasteiger partial charge on any atom is 0.150 e. The number of halogens is 2. The second kappa shape index (κ2) is 4.61. The average Bonchev–Trinajstić information content (AvgIpc) is 2.27. The molecule has 0 fully saturated rings.